The summed E-state index contributed by atoms with van der Waals surface area (Å²) in [7, 11) is 0. The largest absolute Gasteiger partial charge is 0.507 e. The predicted octanol–water partition coefficient (Wildman–Crippen LogP) is 5.58. The van der Waals surface area contributed by atoms with Crippen molar-refractivity contribution in [3.05, 3.63) is 101 Å². The van der Waals surface area contributed by atoms with E-state index in [4.69, 9.17) is 0 Å². The molecule has 0 radical (unpaired) electrons. The van der Waals surface area contributed by atoms with Crippen molar-refractivity contribution >= 4 is 28.1 Å². The lowest BCUT2D eigenvalue weighted by Gasteiger charge is -2.03. The first-order valence-corrected chi connectivity index (χ1v) is 10.1. The van der Waals surface area contributed by atoms with Gasteiger partial charge in [-0.1, -0.05) is 76.6 Å². The van der Waals surface area contributed by atoms with E-state index >= 15 is 0 Å². The summed E-state index contributed by atoms with van der Waals surface area (Å²) in [6.45, 7) is 0. The maximum atomic E-state index is 12.9. The standard InChI is InChI=1S/C24H18BrN3O2/c25-19-11-12-22(29)18(13-19)15-26-28-24(30)23-20(16-7-3-1-4-8-16)14-21(27-23)17-9-5-2-6-10-17/h1-15,27,29H,(H,28,30). The van der Waals surface area contributed by atoms with Crippen LogP contribution in [-0.4, -0.2) is 22.2 Å². The van der Waals surface area contributed by atoms with Crippen molar-refractivity contribution in [2.45, 2.75) is 0 Å². The number of benzene rings is 3. The first kappa shape index (κ1) is 19.7. The van der Waals surface area contributed by atoms with Gasteiger partial charge in [-0.15, -0.1) is 0 Å². The topological polar surface area (TPSA) is 77.5 Å². The lowest BCUT2D eigenvalue weighted by Crippen LogP contribution is -2.19. The van der Waals surface area contributed by atoms with Gasteiger partial charge in [0, 0.05) is 21.3 Å². The van der Waals surface area contributed by atoms with E-state index in [2.05, 4.69) is 31.4 Å². The van der Waals surface area contributed by atoms with Crippen LogP contribution >= 0.6 is 15.9 Å². The molecule has 1 amide bonds. The lowest BCUT2D eigenvalue weighted by molar-refractivity contribution is 0.0951. The highest BCUT2D eigenvalue weighted by Gasteiger charge is 2.17. The molecule has 0 fully saturated rings. The number of hydrazone groups is 1. The van der Waals surface area contributed by atoms with Crippen molar-refractivity contribution in [3.8, 4) is 28.1 Å². The molecule has 4 rings (SSSR count). The van der Waals surface area contributed by atoms with Gasteiger partial charge in [0.25, 0.3) is 5.91 Å². The number of hydrogen-bond acceptors (Lipinski definition) is 3. The average molecular weight is 460 g/mol. The third kappa shape index (κ3) is 4.34. The minimum atomic E-state index is -0.373. The monoisotopic (exact) mass is 459 g/mol. The van der Waals surface area contributed by atoms with Gasteiger partial charge in [0.1, 0.15) is 11.4 Å². The number of aromatic nitrogens is 1. The van der Waals surface area contributed by atoms with Crippen molar-refractivity contribution in [2.75, 3.05) is 0 Å². The summed E-state index contributed by atoms with van der Waals surface area (Å²) in [4.78, 5) is 16.1. The molecule has 0 atom stereocenters. The average Bonchev–Trinajstić information content (AvgIpc) is 3.23. The van der Waals surface area contributed by atoms with Crippen LogP contribution in [0.5, 0.6) is 5.75 Å². The van der Waals surface area contributed by atoms with Gasteiger partial charge < -0.3 is 10.1 Å². The molecule has 0 aliphatic rings. The molecule has 1 aromatic heterocycles. The molecule has 0 aliphatic carbocycles. The number of phenolic OH excluding ortho intramolecular Hbond substituents is 1. The van der Waals surface area contributed by atoms with Crippen molar-refractivity contribution in [1.82, 2.24) is 10.4 Å². The summed E-state index contributed by atoms with van der Waals surface area (Å²) in [6.07, 6.45) is 1.40. The normalized spacial score (nSPS) is 11.0. The van der Waals surface area contributed by atoms with Crippen molar-refractivity contribution in [1.29, 1.82) is 0 Å². The number of rotatable bonds is 5. The first-order valence-electron chi connectivity index (χ1n) is 9.27. The molecular formula is C24H18BrN3O2. The number of aromatic amines is 1. The van der Waals surface area contributed by atoms with E-state index in [1.54, 1.807) is 18.2 Å². The number of carbonyl (C=O) groups excluding carboxylic acids is 1. The van der Waals surface area contributed by atoms with E-state index in [-0.39, 0.29) is 11.7 Å². The highest BCUT2D eigenvalue weighted by Crippen LogP contribution is 2.29. The molecule has 0 unspecified atom stereocenters. The van der Waals surface area contributed by atoms with Gasteiger partial charge in [-0.2, -0.15) is 5.10 Å². The fraction of sp³-hybridized carbons (Fsp3) is 0. The number of hydrogen-bond donors (Lipinski definition) is 3. The summed E-state index contributed by atoms with van der Waals surface area (Å²) >= 11 is 3.35. The van der Waals surface area contributed by atoms with Gasteiger partial charge >= 0.3 is 0 Å². The molecule has 0 spiro atoms. The summed E-state index contributed by atoms with van der Waals surface area (Å²) in [5.74, 6) is -0.297. The molecule has 6 heteroatoms. The SMILES string of the molecule is O=C(NN=Cc1cc(Br)ccc1O)c1[nH]c(-c2ccccc2)cc1-c1ccccc1. The Morgan fingerprint density at radius 3 is 2.30 bits per heavy atom. The van der Waals surface area contributed by atoms with Gasteiger partial charge in [-0.05, 0) is 35.4 Å². The van der Waals surface area contributed by atoms with Crippen LogP contribution < -0.4 is 5.43 Å². The number of nitrogens with zero attached hydrogens (tertiary/aromatic N) is 1. The molecule has 1 heterocycles. The molecule has 0 saturated carbocycles. The number of amides is 1. The van der Waals surface area contributed by atoms with Crippen LogP contribution in [0.1, 0.15) is 16.1 Å². The zero-order valence-electron chi connectivity index (χ0n) is 15.8. The van der Waals surface area contributed by atoms with Crippen molar-refractivity contribution in [2.24, 2.45) is 5.10 Å². The lowest BCUT2D eigenvalue weighted by atomic mass is 10.0. The van der Waals surface area contributed by atoms with Crippen LogP contribution in [0.3, 0.4) is 0 Å². The Kier molecular flexibility index (Phi) is 5.77. The summed E-state index contributed by atoms with van der Waals surface area (Å²) in [5, 5.41) is 13.9. The summed E-state index contributed by atoms with van der Waals surface area (Å²) in [6, 6.07) is 26.5. The maximum Gasteiger partial charge on any atom is 0.288 e. The zero-order chi connectivity index (χ0) is 20.9. The molecule has 30 heavy (non-hydrogen) atoms. The van der Waals surface area contributed by atoms with Crippen molar-refractivity contribution < 1.29 is 9.90 Å². The number of nitrogens with one attached hydrogen (secondary N) is 2. The van der Waals surface area contributed by atoms with Gasteiger partial charge in [0.05, 0.1) is 6.21 Å². The first-order chi connectivity index (χ1) is 14.6. The Hall–Kier alpha value is -3.64. The second kappa shape index (κ2) is 8.80. The second-order valence-corrected chi connectivity index (χ2v) is 7.52. The molecule has 3 aromatic carbocycles. The minimum absolute atomic E-state index is 0.0763. The molecule has 0 aliphatic heterocycles. The smallest absolute Gasteiger partial charge is 0.288 e. The van der Waals surface area contributed by atoms with Crippen LogP contribution in [0.25, 0.3) is 22.4 Å². The van der Waals surface area contributed by atoms with E-state index in [1.165, 1.54) is 6.21 Å². The quantitative estimate of drug-likeness (QED) is 0.269. The molecule has 4 aromatic rings. The Morgan fingerprint density at radius 2 is 1.60 bits per heavy atom. The Labute approximate surface area is 182 Å². The van der Waals surface area contributed by atoms with Crippen LogP contribution in [0, 0.1) is 0 Å². The van der Waals surface area contributed by atoms with Gasteiger partial charge in [0.2, 0.25) is 0 Å². The molecule has 0 saturated heterocycles. The fourth-order valence-corrected chi connectivity index (χ4v) is 3.48. The molecule has 5 nitrogen and oxygen atoms in total. The van der Waals surface area contributed by atoms with Gasteiger partial charge in [-0.25, -0.2) is 5.43 Å². The Morgan fingerprint density at radius 1 is 0.933 bits per heavy atom. The van der Waals surface area contributed by atoms with Gasteiger partial charge in [0.15, 0.2) is 0 Å². The highest BCUT2D eigenvalue weighted by molar-refractivity contribution is 9.10. The molecule has 3 N–H and O–H groups in total. The van der Waals surface area contributed by atoms with Crippen molar-refractivity contribution in [3.63, 3.8) is 0 Å². The fourth-order valence-electron chi connectivity index (χ4n) is 3.10. The third-order valence-corrected chi connectivity index (χ3v) is 5.07. The summed E-state index contributed by atoms with van der Waals surface area (Å²) in [5.41, 5.74) is 6.98. The number of phenols is 1. The maximum absolute atomic E-state index is 12.9. The zero-order valence-corrected chi connectivity index (χ0v) is 17.4. The predicted molar refractivity (Wildman–Crippen MR) is 123 cm³/mol. The van der Waals surface area contributed by atoms with E-state index in [0.717, 1.165) is 26.9 Å². The number of carbonyl (C=O) groups is 1. The highest BCUT2D eigenvalue weighted by atomic mass is 79.9. The third-order valence-electron chi connectivity index (χ3n) is 4.57. The molecule has 148 valence electrons. The van der Waals surface area contributed by atoms with Crippen LogP contribution in [0.2, 0.25) is 0 Å². The van der Waals surface area contributed by atoms with Gasteiger partial charge in [-0.3, -0.25) is 4.79 Å². The molecular weight excluding hydrogens is 442 g/mol. The molecule has 0 bridgehead atoms. The van der Waals surface area contributed by atoms with E-state index in [9.17, 15) is 9.90 Å². The Bertz CT molecular complexity index is 1200. The van der Waals surface area contributed by atoms with E-state index in [0.29, 0.717) is 11.3 Å². The van der Waals surface area contributed by atoms with E-state index in [1.807, 2.05) is 66.7 Å². The number of H-pyrrole nitrogens is 1. The second-order valence-electron chi connectivity index (χ2n) is 6.61. The minimum Gasteiger partial charge on any atom is -0.507 e. The Balaban J connectivity index is 1.65. The number of halogens is 1. The van der Waals surface area contributed by atoms with Crippen LogP contribution in [-0.2, 0) is 0 Å². The van der Waals surface area contributed by atoms with E-state index < -0.39 is 0 Å². The van der Waals surface area contributed by atoms with Crippen LogP contribution in [0.4, 0.5) is 0 Å². The summed E-state index contributed by atoms with van der Waals surface area (Å²) < 4.78 is 0.802. The van der Waals surface area contributed by atoms with Crippen LogP contribution in [0.15, 0.2) is 94.5 Å². The number of aromatic hydroxyl groups is 1.